The van der Waals surface area contributed by atoms with E-state index in [9.17, 15) is 31.2 Å². The third-order valence-corrected chi connectivity index (χ3v) is 12.5. The van der Waals surface area contributed by atoms with Crippen LogP contribution in [0.25, 0.3) is 12.2 Å². The maximum atomic E-state index is 12.8. The van der Waals surface area contributed by atoms with Gasteiger partial charge in [0.15, 0.2) is 0 Å². The standard InChI is InChI=1S/C43H50N12O9S3.2Na/c1-8-54(9-2)42-50-38(48-40(52-42)46-34-22-26(5)12-13-27(34)6)44-31-19-17-29(36(23-31)65-64-63-56)15-16-30-18-20-32(24-37(30)67(60,61)62)45-39-49-41(53-43(51-39)55(10-3)11-4)47-35-25-33(66(57,58)59)21-14-28(35)7;;/h12-25,56H,8-11H2,1-7H3,(H,57,58,59)(H,60,61,62)(H2,44,46,48,50,52)(H2,45,47,49,51,53);;/q;2*+1/p-2. The normalized spacial score (nSPS) is 11.4. The Morgan fingerprint density at radius 3 is 1.58 bits per heavy atom. The van der Waals surface area contributed by atoms with Crippen LogP contribution in [0, 0.1) is 20.8 Å². The number of aryl methyl sites for hydroxylation is 3. The molecule has 0 atom stereocenters. The predicted octanol–water partition coefficient (Wildman–Crippen LogP) is 1.21. The van der Waals surface area contributed by atoms with Crippen molar-refractivity contribution in [3.05, 3.63) is 101 Å². The zero-order chi connectivity index (χ0) is 48.5. The Bertz CT molecular complexity index is 3010. The van der Waals surface area contributed by atoms with Crippen molar-refractivity contribution in [2.75, 3.05) is 57.2 Å². The van der Waals surface area contributed by atoms with Gasteiger partial charge in [-0.25, -0.2) is 8.42 Å². The van der Waals surface area contributed by atoms with Gasteiger partial charge in [0.1, 0.15) is 15.0 Å². The summed E-state index contributed by atoms with van der Waals surface area (Å²) in [4.78, 5) is 30.6. The van der Waals surface area contributed by atoms with E-state index in [1.165, 1.54) is 42.5 Å². The van der Waals surface area contributed by atoms with E-state index in [2.05, 4.69) is 56.2 Å². The molecular formula is C43H48N12Na2O9S3. The first-order valence-electron chi connectivity index (χ1n) is 20.7. The molecule has 0 amide bonds. The number of hydrogen-bond acceptors (Lipinski definition) is 21. The molecule has 0 fully saturated rings. The molecule has 21 nitrogen and oxygen atoms in total. The van der Waals surface area contributed by atoms with Crippen molar-refractivity contribution in [3.8, 4) is 0 Å². The molecule has 0 aliphatic rings. The summed E-state index contributed by atoms with van der Waals surface area (Å²) in [7, 11) is -9.59. The minimum Gasteiger partial charge on any atom is -0.744 e. The van der Waals surface area contributed by atoms with E-state index in [1.54, 1.807) is 31.2 Å². The van der Waals surface area contributed by atoms with Crippen molar-refractivity contribution >= 4 is 103 Å². The molecule has 0 saturated carbocycles. The molecule has 2 aromatic heterocycles. The summed E-state index contributed by atoms with van der Waals surface area (Å²) in [6, 6.07) is 19.1. The van der Waals surface area contributed by atoms with Crippen molar-refractivity contribution in [2.24, 2.45) is 0 Å². The summed E-state index contributed by atoms with van der Waals surface area (Å²) in [5.41, 5.74) is 4.98. The average molecular weight is 1020 g/mol. The van der Waals surface area contributed by atoms with Crippen LogP contribution in [0.15, 0.2) is 87.5 Å². The number of aromatic nitrogens is 6. The van der Waals surface area contributed by atoms with Gasteiger partial charge in [-0.2, -0.15) is 42.7 Å². The molecule has 26 heteroatoms. The van der Waals surface area contributed by atoms with Crippen molar-refractivity contribution < 1.29 is 99.7 Å². The monoisotopic (exact) mass is 1020 g/mol. The fourth-order valence-electron chi connectivity index (χ4n) is 6.54. The molecule has 0 radical (unpaired) electrons. The van der Waals surface area contributed by atoms with Gasteiger partial charge in [-0.3, -0.25) is 9.59 Å². The third kappa shape index (κ3) is 15.5. The zero-order valence-corrected chi connectivity index (χ0v) is 45.9. The van der Waals surface area contributed by atoms with Gasteiger partial charge in [0.2, 0.25) is 35.7 Å². The van der Waals surface area contributed by atoms with Gasteiger partial charge < -0.3 is 40.9 Å². The Balaban J connectivity index is 0.00000518. The van der Waals surface area contributed by atoms with Crippen LogP contribution >= 0.6 is 12.0 Å². The van der Waals surface area contributed by atoms with Crippen molar-refractivity contribution in [1.29, 1.82) is 0 Å². The molecule has 0 aliphatic heterocycles. The molecule has 354 valence electrons. The Morgan fingerprint density at radius 1 is 0.623 bits per heavy atom. The van der Waals surface area contributed by atoms with Gasteiger partial charge in [-0.05, 0) is 119 Å². The van der Waals surface area contributed by atoms with Crippen molar-refractivity contribution in [3.63, 3.8) is 0 Å². The van der Waals surface area contributed by atoms with Crippen molar-refractivity contribution in [1.82, 2.24) is 29.9 Å². The first-order chi connectivity index (χ1) is 31.9. The molecule has 0 bridgehead atoms. The van der Waals surface area contributed by atoms with E-state index >= 15 is 0 Å². The smallest absolute Gasteiger partial charge is 0.744 e. The Labute approximate surface area is 449 Å². The fraction of sp³-hybridized carbons (Fsp3) is 0.256. The number of nitrogens with one attached hydrogen (secondary N) is 4. The van der Waals surface area contributed by atoms with Gasteiger partial charge in [0.05, 0.1) is 16.9 Å². The first kappa shape index (κ1) is 57.1. The van der Waals surface area contributed by atoms with Crippen LogP contribution in [-0.2, 0) is 29.6 Å². The van der Waals surface area contributed by atoms with Crippen LogP contribution in [0.5, 0.6) is 0 Å². The Morgan fingerprint density at radius 2 is 1.09 bits per heavy atom. The molecule has 6 rings (SSSR count). The number of rotatable bonds is 21. The molecule has 4 aromatic carbocycles. The largest absolute Gasteiger partial charge is 1.00 e. The van der Waals surface area contributed by atoms with E-state index < -0.39 is 30.0 Å². The number of benzene rings is 4. The predicted molar refractivity (Wildman–Crippen MR) is 255 cm³/mol. The van der Waals surface area contributed by atoms with Gasteiger partial charge in [-0.1, -0.05) is 42.5 Å². The minimum atomic E-state index is -4.83. The summed E-state index contributed by atoms with van der Waals surface area (Å²) in [5.74, 6) is 1.18. The molecule has 69 heavy (non-hydrogen) atoms. The summed E-state index contributed by atoms with van der Waals surface area (Å²) in [6.45, 7) is 15.7. The second-order valence-electron chi connectivity index (χ2n) is 14.7. The molecule has 0 saturated heterocycles. The molecule has 5 N–H and O–H groups in total. The summed E-state index contributed by atoms with van der Waals surface area (Å²) in [5, 5.41) is 27.0. The summed E-state index contributed by atoms with van der Waals surface area (Å²) < 4.78 is 76.0. The second-order valence-corrected chi connectivity index (χ2v) is 18.2. The van der Waals surface area contributed by atoms with Crippen LogP contribution in [0.1, 0.15) is 55.5 Å². The summed E-state index contributed by atoms with van der Waals surface area (Å²) in [6.07, 6.45) is 3.01. The van der Waals surface area contributed by atoms with Crippen LogP contribution in [0.2, 0.25) is 0 Å². The SMILES string of the molecule is CCN(CC)c1nc(Nc2ccc(C=Cc3ccc(Nc4nc(Nc5cc(S(=O)(=O)[O-])ccc5C)nc(N(CC)CC)n4)cc3S(=O)(=O)O)c(SOO[O-])c2)nc(Nc2cc(C)ccc2C)n1.[Na+].[Na+]. The number of nitrogens with zero attached hydrogens (tertiary/aromatic N) is 8. The number of hydrogen-bond donors (Lipinski definition) is 5. The van der Waals surface area contributed by atoms with Crippen LogP contribution in [0.4, 0.5) is 58.4 Å². The third-order valence-electron chi connectivity index (χ3n) is 10.1. The number of anilines is 10. The molecule has 0 aliphatic carbocycles. The average Bonchev–Trinajstić information content (AvgIpc) is 3.27. The maximum Gasteiger partial charge on any atom is 1.00 e. The molecule has 6 aromatic rings. The van der Waals surface area contributed by atoms with E-state index in [0.29, 0.717) is 71.8 Å². The molecule has 2 heterocycles. The van der Waals surface area contributed by atoms with Gasteiger partial charge >= 0.3 is 59.1 Å². The van der Waals surface area contributed by atoms with Gasteiger partial charge in [-0.15, -0.1) is 0 Å². The van der Waals surface area contributed by atoms with E-state index in [1.807, 2.05) is 69.5 Å². The first-order valence-corrected chi connectivity index (χ1v) is 24.3. The van der Waals surface area contributed by atoms with E-state index in [0.717, 1.165) is 16.8 Å². The fourth-order valence-corrected chi connectivity index (χ4v) is 8.25. The van der Waals surface area contributed by atoms with Gasteiger partial charge in [0.25, 0.3) is 10.1 Å². The van der Waals surface area contributed by atoms with Crippen LogP contribution < -0.4 is 95.4 Å². The maximum absolute atomic E-state index is 12.8. The topological polar surface area (TPSA) is 285 Å². The van der Waals surface area contributed by atoms with Crippen LogP contribution in [0.3, 0.4) is 0 Å². The Hall–Kier alpha value is -4.51. The van der Waals surface area contributed by atoms with Crippen molar-refractivity contribution in [2.45, 2.75) is 63.2 Å². The summed E-state index contributed by atoms with van der Waals surface area (Å²) >= 11 is 0.608. The zero-order valence-electron chi connectivity index (χ0n) is 39.4. The molecule has 0 unspecified atom stereocenters. The molecular weight excluding hydrogens is 971 g/mol. The Kier molecular flexibility index (Phi) is 21.1. The van der Waals surface area contributed by atoms with Gasteiger partial charge in [0, 0.05) is 53.8 Å². The molecule has 0 spiro atoms. The van der Waals surface area contributed by atoms with E-state index in [4.69, 9.17) is 4.33 Å². The second kappa shape index (κ2) is 25.6. The minimum absolute atomic E-state index is 0. The van der Waals surface area contributed by atoms with Crippen LogP contribution in [-0.4, -0.2) is 82.0 Å². The van der Waals surface area contributed by atoms with E-state index in [-0.39, 0.29) is 99.8 Å². The quantitative estimate of drug-likeness (QED) is 0.0169.